The number of pyridine rings is 1. The third-order valence-corrected chi connectivity index (χ3v) is 7.30. The smallest absolute Gasteiger partial charge is 0.293 e. The van der Waals surface area contributed by atoms with Gasteiger partial charge in [-0.05, 0) is 55.5 Å². The average molecular weight is 474 g/mol. The van der Waals surface area contributed by atoms with E-state index in [-0.39, 0.29) is 5.91 Å². The minimum atomic E-state index is -0.0758. The maximum Gasteiger partial charge on any atom is 0.293 e. The molecule has 0 N–H and O–H groups in total. The lowest BCUT2D eigenvalue weighted by molar-refractivity contribution is 0.0689. The summed E-state index contributed by atoms with van der Waals surface area (Å²) in [5.74, 6) is 2.26. The van der Waals surface area contributed by atoms with Crippen LogP contribution in [0, 0.1) is 0 Å². The number of aryl methyl sites for hydroxylation is 1. The van der Waals surface area contributed by atoms with Gasteiger partial charge in [0, 0.05) is 56.6 Å². The van der Waals surface area contributed by atoms with E-state index in [1.165, 1.54) is 5.56 Å². The summed E-state index contributed by atoms with van der Waals surface area (Å²) in [4.78, 5) is 24.5. The van der Waals surface area contributed by atoms with E-state index in [9.17, 15) is 4.79 Å². The molecule has 0 bridgehead atoms. The average Bonchev–Trinajstić information content (AvgIpc) is 3.22. The summed E-state index contributed by atoms with van der Waals surface area (Å²) < 4.78 is 11.5. The Bertz CT molecular complexity index is 1190. The number of carbonyl (C=O) groups excluding carboxylic acids is 1. The summed E-state index contributed by atoms with van der Waals surface area (Å²) in [5.41, 5.74) is 4.25. The Morgan fingerprint density at radius 2 is 1.89 bits per heavy atom. The topological polar surface area (TPSA) is 74.9 Å². The third-order valence-electron chi connectivity index (χ3n) is 7.30. The van der Waals surface area contributed by atoms with Crippen LogP contribution < -0.4 is 9.64 Å². The third kappa shape index (κ3) is 4.62. The van der Waals surface area contributed by atoms with Crippen LogP contribution in [0.25, 0.3) is 0 Å². The Hall–Kier alpha value is -3.39. The van der Waals surface area contributed by atoms with Crippen molar-refractivity contribution in [2.45, 2.75) is 38.8 Å². The van der Waals surface area contributed by atoms with Gasteiger partial charge in [-0.2, -0.15) is 0 Å². The highest BCUT2D eigenvalue weighted by molar-refractivity contribution is 5.93. The number of benzene rings is 1. The first-order valence-corrected chi connectivity index (χ1v) is 12.6. The van der Waals surface area contributed by atoms with E-state index in [0.29, 0.717) is 25.5 Å². The number of aromatic nitrogens is 2. The van der Waals surface area contributed by atoms with Gasteiger partial charge in [0.15, 0.2) is 0 Å². The van der Waals surface area contributed by atoms with E-state index in [0.717, 1.165) is 86.8 Å². The van der Waals surface area contributed by atoms with Crippen molar-refractivity contribution >= 4 is 11.7 Å². The van der Waals surface area contributed by atoms with Gasteiger partial charge in [0.25, 0.3) is 5.91 Å². The second kappa shape index (κ2) is 9.70. The zero-order chi connectivity index (χ0) is 23.6. The number of ether oxygens (including phenoxy) is 1. The van der Waals surface area contributed by atoms with E-state index in [4.69, 9.17) is 9.26 Å². The number of amides is 1. The minimum Gasteiger partial charge on any atom is -0.491 e. The Morgan fingerprint density at radius 3 is 2.74 bits per heavy atom. The van der Waals surface area contributed by atoms with Gasteiger partial charge in [-0.1, -0.05) is 17.3 Å². The van der Waals surface area contributed by atoms with Crippen molar-refractivity contribution in [1.29, 1.82) is 0 Å². The fraction of sp³-hybridized carbons (Fsp3) is 0.444. The Balaban J connectivity index is 1.12. The van der Waals surface area contributed by atoms with E-state index in [1.807, 2.05) is 23.2 Å². The molecule has 1 amide bonds. The molecule has 182 valence electrons. The molecule has 3 aromatic rings. The minimum absolute atomic E-state index is 0.0758. The molecule has 35 heavy (non-hydrogen) atoms. The molecular weight excluding hydrogens is 442 g/mol. The van der Waals surface area contributed by atoms with Gasteiger partial charge in [0.1, 0.15) is 18.2 Å². The lowest BCUT2D eigenvalue weighted by Gasteiger charge is -2.35. The molecule has 6 rings (SSSR count). The maximum absolute atomic E-state index is 13.4. The SMILES string of the molecule is O=C(c1onc2c1CCCC2)N1CCOc2ccc(CN3CCN(c4ccccn4)CC3)cc2C1. The van der Waals surface area contributed by atoms with Gasteiger partial charge in [0.05, 0.1) is 12.2 Å². The number of nitrogens with zero attached hydrogens (tertiary/aromatic N) is 5. The number of piperazine rings is 1. The van der Waals surface area contributed by atoms with Crippen LogP contribution in [0.3, 0.4) is 0 Å². The van der Waals surface area contributed by atoms with E-state index >= 15 is 0 Å². The molecule has 8 nitrogen and oxygen atoms in total. The number of hydrogen-bond donors (Lipinski definition) is 0. The molecule has 0 unspecified atom stereocenters. The van der Waals surface area contributed by atoms with Crippen LogP contribution in [0.5, 0.6) is 5.75 Å². The first-order valence-electron chi connectivity index (χ1n) is 12.6. The Morgan fingerprint density at radius 1 is 1.00 bits per heavy atom. The fourth-order valence-electron chi connectivity index (χ4n) is 5.36. The zero-order valence-corrected chi connectivity index (χ0v) is 20.0. The standard InChI is InChI=1S/C27H31N5O3/c33-27(26-22-5-1-2-6-23(22)29-35-26)32-15-16-34-24-9-8-20(17-21(24)19-32)18-30-11-13-31(14-12-30)25-7-3-4-10-28-25/h3-4,7-10,17H,1-2,5-6,11-16,18-19H2. The van der Waals surface area contributed by atoms with Crippen LogP contribution in [0.2, 0.25) is 0 Å². The molecule has 1 fully saturated rings. The van der Waals surface area contributed by atoms with Gasteiger partial charge >= 0.3 is 0 Å². The zero-order valence-electron chi connectivity index (χ0n) is 20.0. The summed E-state index contributed by atoms with van der Waals surface area (Å²) in [7, 11) is 0. The summed E-state index contributed by atoms with van der Waals surface area (Å²) in [6.45, 7) is 6.33. The molecule has 1 saturated heterocycles. The molecular formula is C27H31N5O3. The normalized spacial score (nSPS) is 18.4. The number of anilines is 1. The van der Waals surface area contributed by atoms with Crippen LogP contribution in [0.4, 0.5) is 5.82 Å². The first kappa shape index (κ1) is 22.1. The molecule has 0 radical (unpaired) electrons. The monoisotopic (exact) mass is 473 g/mol. The van der Waals surface area contributed by atoms with Crippen molar-refractivity contribution in [3.8, 4) is 5.75 Å². The number of fused-ring (bicyclic) bond motifs is 2. The van der Waals surface area contributed by atoms with Gasteiger partial charge in [-0.3, -0.25) is 9.69 Å². The number of hydrogen-bond acceptors (Lipinski definition) is 7. The second-order valence-corrected chi connectivity index (χ2v) is 9.61. The lowest BCUT2D eigenvalue weighted by Crippen LogP contribution is -2.46. The highest BCUT2D eigenvalue weighted by Crippen LogP contribution is 2.29. The van der Waals surface area contributed by atoms with Gasteiger partial charge in [-0.15, -0.1) is 0 Å². The van der Waals surface area contributed by atoms with Crippen molar-refractivity contribution in [2.75, 3.05) is 44.2 Å². The summed E-state index contributed by atoms with van der Waals surface area (Å²) in [6, 6.07) is 12.5. The van der Waals surface area contributed by atoms with Crippen molar-refractivity contribution in [3.63, 3.8) is 0 Å². The fourth-order valence-corrected chi connectivity index (χ4v) is 5.36. The molecule has 2 aliphatic heterocycles. The highest BCUT2D eigenvalue weighted by atomic mass is 16.5. The Labute approximate surface area is 205 Å². The van der Waals surface area contributed by atoms with Crippen LogP contribution in [0.15, 0.2) is 47.1 Å². The van der Waals surface area contributed by atoms with Crippen molar-refractivity contribution in [2.24, 2.45) is 0 Å². The summed E-state index contributed by atoms with van der Waals surface area (Å²) in [6.07, 6.45) is 5.82. The Kier molecular flexibility index (Phi) is 6.12. The summed E-state index contributed by atoms with van der Waals surface area (Å²) in [5, 5.41) is 4.18. The largest absolute Gasteiger partial charge is 0.491 e. The van der Waals surface area contributed by atoms with Gasteiger partial charge < -0.3 is 19.1 Å². The van der Waals surface area contributed by atoms with E-state index in [1.54, 1.807) is 0 Å². The first-order chi connectivity index (χ1) is 17.2. The highest BCUT2D eigenvalue weighted by Gasteiger charge is 2.29. The molecule has 1 aliphatic carbocycles. The second-order valence-electron chi connectivity index (χ2n) is 9.61. The molecule has 1 aromatic carbocycles. The molecule has 8 heteroatoms. The van der Waals surface area contributed by atoms with Gasteiger partial charge in [0.2, 0.25) is 5.76 Å². The molecule has 0 spiro atoms. The number of rotatable bonds is 4. The molecule has 0 saturated carbocycles. The quantitative estimate of drug-likeness (QED) is 0.576. The van der Waals surface area contributed by atoms with Crippen molar-refractivity contribution in [1.82, 2.24) is 19.9 Å². The van der Waals surface area contributed by atoms with Crippen LogP contribution in [-0.2, 0) is 25.9 Å². The predicted octanol–water partition coefficient (Wildman–Crippen LogP) is 3.31. The predicted molar refractivity (Wildman–Crippen MR) is 132 cm³/mol. The van der Waals surface area contributed by atoms with Gasteiger partial charge in [-0.25, -0.2) is 4.98 Å². The molecule has 3 aliphatic rings. The summed E-state index contributed by atoms with van der Waals surface area (Å²) >= 11 is 0. The van der Waals surface area contributed by atoms with Crippen LogP contribution >= 0.6 is 0 Å². The van der Waals surface area contributed by atoms with Crippen molar-refractivity contribution in [3.05, 3.63) is 70.7 Å². The maximum atomic E-state index is 13.4. The van der Waals surface area contributed by atoms with E-state index in [2.05, 4.69) is 44.2 Å². The molecule has 2 aromatic heterocycles. The van der Waals surface area contributed by atoms with Crippen molar-refractivity contribution < 1.29 is 14.1 Å². The lowest BCUT2D eigenvalue weighted by atomic mass is 9.96. The van der Waals surface area contributed by atoms with Crippen LogP contribution in [-0.4, -0.2) is 65.2 Å². The molecule has 0 atom stereocenters. The number of carbonyl (C=O) groups is 1. The van der Waals surface area contributed by atoms with E-state index < -0.39 is 0 Å². The van der Waals surface area contributed by atoms with Crippen LogP contribution in [0.1, 0.15) is 45.8 Å². The molecule has 4 heterocycles.